The Morgan fingerprint density at radius 3 is 2.70 bits per heavy atom. The van der Waals surface area contributed by atoms with E-state index in [2.05, 4.69) is 24.6 Å². The summed E-state index contributed by atoms with van der Waals surface area (Å²) in [4.78, 5) is 24.9. The van der Waals surface area contributed by atoms with Gasteiger partial charge in [0.25, 0.3) is 5.91 Å². The van der Waals surface area contributed by atoms with Gasteiger partial charge in [0, 0.05) is 13.1 Å². The van der Waals surface area contributed by atoms with Crippen molar-refractivity contribution in [2.75, 3.05) is 26.7 Å². The molecule has 1 heterocycles. The van der Waals surface area contributed by atoms with Crippen LogP contribution in [0.4, 0.5) is 0 Å². The average Bonchev–Trinajstić information content (AvgIpc) is 2.83. The van der Waals surface area contributed by atoms with Gasteiger partial charge in [-0.15, -0.1) is 0 Å². The Morgan fingerprint density at radius 1 is 1.40 bits per heavy atom. The maximum absolute atomic E-state index is 11.7. The molecule has 2 unspecified atom stereocenters. The first-order valence-corrected chi connectivity index (χ1v) is 7.03. The fourth-order valence-electron chi connectivity index (χ4n) is 2.16. The summed E-state index contributed by atoms with van der Waals surface area (Å²) < 4.78 is 5.60. The SMILES string of the molecule is CC(C)CNC(=O)CN(C)CC1CCC(C(=O)NN)O1. The third-order valence-electron chi connectivity index (χ3n) is 3.18. The van der Waals surface area contributed by atoms with Crippen LogP contribution in [0.5, 0.6) is 0 Å². The Morgan fingerprint density at radius 2 is 2.10 bits per heavy atom. The molecule has 7 heteroatoms. The number of nitrogens with one attached hydrogen (secondary N) is 2. The number of likely N-dealkylation sites (N-methyl/N-ethyl adjacent to an activating group) is 1. The highest BCUT2D eigenvalue weighted by Gasteiger charge is 2.30. The molecule has 0 aromatic rings. The first-order valence-electron chi connectivity index (χ1n) is 7.03. The lowest BCUT2D eigenvalue weighted by atomic mass is 10.2. The number of carbonyl (C=O) groups excluding carboxylic acids is 2. The van der Waals surface area contributed by atoms with Crippen LogP contribution in [-0.4, -0.2) is 55.6 Å². The Bertz CT molecular complexity index is 336. The van der Waals surface area contributed by atoms with Crippen molar-refractivity contribution in [1.29, 1.82) is 0 Å². The molecule has 1 aliphatic rings. The number of amides is 2. The van der Waals surface area contributed by atoms with Gasteiger partial charge in [0.05, 0.1) is 12.6 Å². The second-order valence-electron chi connectivity index (χ2n) is 5.73. The summed E-state index contributed by atoms with van der Waals surface area (Å²) in [6.45, 7) is 5.76. The molecule has 0 aromatic heterocycles. The summed E-state index contributed by atoms with van der Waals surface area (Å²) in [6, 6.07) is 0. The van der Waals surface area contributed by atoms with Gasteiger partial charge in [-0.1, -0.05) is 13.8 Å². The normalized spacial score (nSPS) is 22.3. The van der Waals surface area contributed by atoms with Crippen LogP contribution in [0.15, 0.2) is 0 Å². The van der Waals surface area contributed by atoms with Crippen molar-refractivity contribution < 1.29 is 14.3 Å². The monoisotopic (exact) mass is 286 g/mol. The van der Waals surface area contributed by atoms with Crippen LogP contribution in [0.25, 0.3) is 0 Å². The molecule has 2 amide bonds. The van der Waals surface area contributed by atoms with Gasteiger partial charge in [-0.3, -0.25) is 19.9 Å². The third kappa shape index (κ3) is 5.85. The first-order chi connectivity index (χ1) is 9.42. The molecule has 116 valence electrons. The van der Waals surface area contributed by atoms with E-state index in [1.54, 1.807) is 0 Å². The van der Waals surface area contributed by atoms with Gasteiger partial charge in [-0.05, 0) is 25.8 Å². The van der Waals surface area contributed by atoms with Crippen molar-refractivity contribution in [2.24, 2.45) is 11.8 Å². The molecule has 1 rings (SSSR count). The number of hydrogen-bond donors (Lipinski definition) is 3. The van der Waals surface area contributed by atoms with E-state index in [9.17, 15) is 9.59 Å². The number of carbonyl (C=O) groups is 2. The van der Waals surface area contributed by atoms with Gasteiger partial charge in [0.15, 0.2) is 0 Å². The van der Waals surface area contributed by atoms with E-state index in [-0.39, 0.29) is 17.9 Å². The molecule has 0 aliphatic carbocycles. The van der Waals surface area contributed by atoms with Crippen molar-refractivity contribution in [3.63, 3.8) is 0 Å². The smallest absolute Gasteiger partial charge is 0.263 e. The Labute approximate surface area is 120 Å². The zero-order valence-corrected chi connectivity index (χ0v) is 12.5. The van der Waals surface area contributed by atoms with Crippen molar-refractivity contribution >= 4 is 11.8 Å². The summed E-state index contributed by atoms with van der Waals surface area (Å²) in [6.07, 6.45) is 0.977. The van der Waals surface area contributed by atoms with Crippen LogP contribution >= 0.6 is 0 Å². The van der Waals surface area contributed by atoms with Crippen molar-refractivity contribution in [2.45, 2.75) is 38.9 Å². The second-order valence-corrected chi connectivity index (χ2v) is 5.73. The van der Waals surface area contributed by atoms with Gasteiger partial charge >= 0.3 is 0 Å². The second kappa shape index (κ2) is 8.18. The number of ether oxygens (including phenoxy) is 1. The fraction of sp³-hybridized carbons (Fsp3) is 0.846. The first kappa shape index (κ1) is 16.9. The van der Waals surface area contributed by atoms with Gasteiger partial charge in [0.1, 0.15) is 6.10 Å². The van der Waals surface area contributed by atoms with E-state index in [0.29, 0.717) is 32.0 Å². The molecule has 0 bridgehead atoms. The predicted octanol–water partition coefficient (Wildman–Crippen LogP) is -0.772. The summed E-state index contributed by atoms with van der Waals surface area (Å²) in [5.74, 6) is 5.24. The van der Waals surface area contributed by atoms with Crippen LogP contribution in [0, 0.1) is 5.92 Å². The molecular weight excluding hydrogens is 260 g/mol. The van der Waals surface area contributed by atoms with E-state index in [4.69, 9.17) is 10.6 Å². The molecular formula is C13H26N4O3. The topological polar surface area (TPSA) is 96.7 Å². The number of hydrogen-bond acceptors (Lipinski definition) is 5. The standard InChI is InChI=1S/C13H26N4O3/c1-9(2)6-15-12(18)8-17(3)7-10-4-5-11(20-10)13(19)16-14/h9-11H,4-8,14H2,1-3H3,(H,15,18)(H,16,19). The van der Waals surface area contributed by atoms with Crippen LogP contribution in [0.2, 0.25) is 0 Å². The molecule has 4 N–H and O–H groups in total. The van der Waals surface area contributed by atoms with Gasteiger partial charge < -0.3 is 10.1 Å². The van der Waals surface area contributed by atoms with E-state index < -0.39 is 6.10 Å². The number of nitrogens with zero attached hydrogens (tertiary/aromatic N) is 1. The maximum Gasteiger partial charge on any atom is 0.263 e. The minimum atomic E-state index is -0.465. The third-order valence-corrected chi connectivity index (χ3v) is 3.18. The molecule has 0 radical (unpaired) electrons. The molecule has 1 fully saturated rings. The van der Waals surface area contributed by atoms with Crippen molar-refractivity contribution in [3.05, 3.63) is 0 Å². The zero-order valence-electron chi connectivity index (χ0n) is 12.5. The van der Waals surface area contributed by atoms with Crippen LogP contribution in [0.1, 0.15) is 26.7 Å². The van der Waals surface area contributed by atoms with Crippen molar-refractivity contribution in [3.8, 4) is 0 Å². The number of rotatable bonds is 7. The fourth-order valence-corrected chi connectivity index (χ4v) is 2.16. The molecule has 1 aliphatic heterocycles. The minimum Gasteiger partial charge on any atom is -0.364 e. The average molecular weight is 286 g/mol. The zero-order chi connectivity index (χ0) is 15.1. The predicted molar refractivity (Wildman–Crippen MR) is 75.6 cm³/mol. The molecule has 0 saturated carbocycles. The maximum atomic E-state index is 11.7. The summed E-state index contributed by atoms with van der Waals surface area (Å²) in [5.41, 5.74) is 2.10. The molecule has 0 aromatic carbocycles. The van der Waals surface area contributed by atoms with Gasteiger partial charge in [-0.2, -0.15) is 0 Å². The molecule has 0 spiro atoms. The van der Waals surface area contributed by atoms with Crippen LogP contribution in [0.3, 0.4) is 0 Å². The number of nitrogens with two attached hydrogens (primary N) is 1. The quantitative estimate of drug-likeness (QED) is 0.324. The lowest BCUT2D eigenvalue weighted by molar-refractivity contribution is -0.132. The van der Waals surface area contributed by atoms with Crippen molar-refractivity contribution in [1.82, 2.24) is 15.6 Å². The summed E-state index contributed by atoms with van der Waals surface area (Å²) >= 11 is 0. The molecule has 1 saturated heterocycles. The summed E-state index contributed by atoms with van der Waals surface area (Å²) in [5, 5.41) is 2.87. The Balaban J connectivity index is 2.24. The van der Waals surface area contributed by atoms with Crippen LogP contribution in [-0.2, 0) is 14.3 Å². The van der Waals surface area contributed by atoms with E-state index in [1.165, 1.54) is 0 Å². The lowest BCUT2D eigenvalue weighted by Crippen LogP contribution is -2.41. The largest absolute Gasteiger partial charge is 0.364 e. The Hall–Kier alpha value is -1.18. The molecule has 2 atom stereocenters. The van der Waals surface area contributed by atoms with Gasteiger partial charge in [-0.25, -0.2) is 5.84 Å². The van der Waals surface area contributed by atoms with E-state index in [1.807, 2.05) is 11.9 Å². The van der Waals surface area contributed by atoms with Crippen LogP contribution < -0.4 is 16.6 Å². The van der Waals surface area contributed by atoms with E-state index >= 15 is 0 Å². The minimum absolute atomic E-state index is 0.00967. The lowest BCUT2D eigenvalue weighted by Gasteiger charge is -2.21. The van der Waals surface area contributed by atoms with E-state index in [0.717, 1.165) is 6.42 Å². The van der Waals surface area contributed by atoms with Gasteiger partial charge in [0.2, 0.25) is 5.91 Å². The number of hydrazine groups is 1. The molecule has 20 heavy (non-hydrogen) atoms. The highest BCUT2D eigenvalue weighted by Crippen LogP contribution is 2.20. The highest BCUT2D eigenvalue weighted by molar-refractivity contribution is 5.80. The Kier molecular flexibility index (Phi) is 6.90. The molecule has 7 nitrogen and oxygen atoms in total. The summed E-state index contributed by atoms with van der Waals surface area (Å²) in [7, 11) is 1.87. The highest BCUT2D eigenvalue weighted by atomic mass is 16.5.